The zero-order chi connectivity index (χ0) is 20.7. The Balaban J connectivity index is 1.68. The van der Waals surface area contributed by atoms with Crippen LogP contribution in [0.25, 0.3) is 0 Å². The topological polar surface area (TPSA) is 67.4 Å². The van der Waals surface area contributed by atoms with Crippen LogP contribution in [-0.4, -0.2) is 76.6 Å². The molecule has 1 atom stereocenters. The predicted molar refractivity (Wildman–Crippen MR) is 118 cm³/mol. The van der Waals surface area contributed by atoms with Crippen LogP contribution in [0.3, 0.4) is 0 Å². The molecule has 7 heteroatoms. The van der Waals surface area contributed by atoms with E-state index in [0.29, 0.717) is 13.2 Å². The molecule has 2 rings (SSSR count). The molecule has 0 radical (unpaired) electrons. The number of nitrogens with zero attached hydrogens (tertiary/aromatic N) is 2. The molecule has 0 aromatic heterocycles. The minimum Gasteiger partial charge on any atom is -0.492 e. The molecule has 1 aromatic rings. The first-order chi connectivity index (χ1) is 14.3. The first kappa shape index (κ1) is 23.4. The lowest BCUT2D eigenvalue weighted by Crippen LogP contribution is -2.37. The summed E-state index contributed by atoms with van der Waals surface area (Å²) in [6.07, 6.45) is 2.21. The maximum Gasteiger partial charge on any atom is 0.191 e. The Morgan fingerprint density at radius 3 is 2.76 bits per heavy atom. The molecule has 1 heterocycles. The van der Waals surface area contributed by atoms with E-state index < -0.39 is 0 Å². The van der Waals surface area contributed by atoms with Gasteiger partial charge in [-0.3, -0.25) is 4.99 Å². The fraction of sp³-hybridized carbons (Fsp3) is 0.682. The fourth-order valence-corrected chi connectivity index (χ4v) is 3.19. The Kier molecular flexibility index (Phi) is 11.5. The molecule has 1 saturated heterocycles. The van der Waals surface area contributed by atoms with Gasteiger partial charge < -0.3 is 29.7 Å². The van der Waals surface area contributed by atoms with Crippen molar-refractivity contribution >= 4 is 5.96 Å². The van der Waals surface area contributed by atoms with E-state index in [9.17, 15) is 0 Å². The van der Waals surface area contributed by atoms with Gasteiger partial charge in [0.15, 0.2) is 5.96 Å². The minimum atomic E-state index is 0.269. The predicted octanol–water partition coefficient (Wildman–Crippen LogP) is 2.27. The highest BCUT2D eigenvalue weighted by Gasteiger charge is 2.15. The molecule has 1 aromatic carbocycles. The maximum atomic E-state index is 6.03. The Morgan fingerprint density at radius 1 is 1.21 bits per heavy atom. The third-order valence-corrected chi connectivity index (χ3v) is 5.06. The molecule has 1 aliphatic heterocycles. The average molecular weight is 407 g/mol. The van der Waals surface area contributed by atoms with E-state index in [1.165, 1.54) is 0 Å². The van der Waals surface area contributed by atoms with Crippen LogP contribution >= 0.6 is 0 Å². The number of hydrogen-bond acceptors (Lipinski definition) is 5. The highest BCUT2D eigenvalue weighted by atomic mass is 16.5. The number of benzene rings is 1. The molecule has 0 aliphatic carbocycles. The molecular weight excluding hydrogens is 368 g/mol. The lowest BCUT2D eigenvalue weighted by molar-refractivity contribution is 0.0420. The van der Waals surface area contributed by atoms with Gasteiger partial charge in [0.05, 0.1) is 12.7 Å². The standard InChI is InChI=1S/C22H38N4O3/c1-4-26(5-2)13-16-29-21-10-7-6-9-19(21)17-25-22(23-3)24-12-8-14-28-20-11-15-27-18-20/h6-7,9-10,20H,4-5,8,11-18H2,1-3H3,(H2,23,24,25). The minimum absolute atomic E-state index is 0.269. The van der Waals surface area contributed by atoms with Gasteiger partial charge in [-0.05, 0) is 32.0 Å². The van der Waals surface area contributed by atoms with Gasteiger partial charge in [0.25, 0.3) is 0 Å². The summed E-state index contributed by atoms with van der Waals surface area (Å²) < 4.78 is 17.1. The second-order valence-corrected chi connectivity index (χ2v) is 7.05. The molecule has 1 unspecified atom stereocenters. The summed E-state index contributed by atoms with van der Waals surface area (Å²) in [6.45, 7) is 11.8. The molecule has 2 N–H and O–H groups in total. The first-order valence-corrected chi connectivity index (χ1v) is 10.8. The Hall–Kier alpha value is -1.83. The maximum absolute atomic E-state index is 6.03. The second-order valence-electron chi connectivity index (χ2n) is 7.05. The van der Waals surface area contributed by atoms with Crippen LogP contribution < -0.4 is 15.4 Å². The number of rotatable bonds is 13. The summed E-state index contributed by atoms with van der Waals surface area (Å²) in [5.41, 5.74) is 1.12. The van der Waals surface area contributed by atoms with Crippen LogP contribution in [0.4, 0.5) is 0 Å². The van der Waals surface area contributed by atoms with Crippen molar-refractivity contribution in [1.82, 2.24) is 15.5 Å². The normalized spacial score (nSPS) is 17.0. The van der Waals surface area contributed by atoms with Gasteiger partial charge in [0, 0.05) is 45.5 Å². The Morgan fingerprint density at radius 2 is 2.03 bits per heavy atom. The Bertz CT molecular complexity index is 587. The number of para-hydroxylation sites is 1. The summed E-state index contributed by atoms with van der Waals surface area (Å²) >= 11 is 0. The zero-order valence-corrected chi connectivity index (χ0v) is 18.3. The van der Waals surface area contributed by atoms with Crippen molar-refractivity contribution in [3.05, 3.63) is 29.8 Å². The van der Waals surface area contributed by atoms with E-state index in [1.807, 2.05) is 18.2 Å². The Labute approximate surface area is 175 Å². The molecule has 29 heavy (non-hydrogen) atoms. The quantitative estimate of drug-likeness (QED) is 0.298. The fourth-order valence-electron chi connectivity index (χ4n) is 3.19. The van der Waals surface area contributed by atoms with Crippen molar-refractivity contribution in [1.29, 1.82) is 0 Å². The molecular formula is C22H38N4O3. The lowest BCUT2D eigenvalue weighted by atomic mass is 10.2. The van der Waals surface area contributed by atoms with Gasteiger partial charge in [-0.1, -0.05) is 32.0 Å². The monoisotopic (exact) mass is 406 g/mol. The van der Waals surface area contributed by atoms with E-state index in [4.69, 9.17) is 14.2 Å². The van der Waals surface area contributed by atoms with Gasteiger partial charge >= 0.3 is 0 Å². The van der Waals surface area contributed by atoms with E-state index >= 15 is 0 Å². The molecule has 164 valence electrons. The van der Waals surface area contributed by atoms with Gasteiger partial charge in [-0.15, -0.1) is 0 Å². The number of likely N-dealkylation sites (N-methyl/N-ethyl adjacent to an activating group) is 1. The van der Waals surface area contributed by atoms with E-state index in [2.05, 4.69) is 40.4 Å². The van der Waals surface area contributed by atoms with Crippen LogP contribution in [-0.2, 0) is 16.0 Å². The lowest BCUT2D eigenvalue weighted by Gasteiger charge is -2.19. The van der Waals surface area contributed by atoms with Crippen molar-refractivity contribution in [2.24, 2.45) is 4.99 Å². The van der Waals surface area contributed by atoms with Crippen LogP contribution in [0, 0.1) is 0 Å². The summed E-state index contributed by atoms with van der Waals surface area (Å²) in [7, 11) is 1.79. The van der Waals surface area contributed by atoms with Gasteiger partial charge in [0.2, 0.25) is 0 Å². The van der Waals surface area contributed by atoms with Gasteiger partial charge in [-0.2, -0.15) is 0 Å². The molecule has 0 spiro atoms. The number of ether oxygens (including phenoxy) is 3. The van der Waals surface area contributed by atoms with E-state index in [1.54, 1.807) is 7.05 Å². The summed E-state index contributed by atoms with van der Waals surface area (Å²) in [6, 6.07) is 8.16. The van der Waals surface area contributed by atoms with Crippen molar-refractivity contribution in [3.8, 4) is 5.75 Å². The molecule has 0 bridgehead atoms. The van der Waals surface area contributed by atoms with Gasteiger partial charge in [-0.25, -0.2) is 0 Å². The summed E-state index contributed by atoms with van der Waals surface area (Å²) in [5, 5.41) is 6.71. The first-order valence-electron chi connectivity index (χ1n) is 10.8. The van der Waals surface area contributed by atoms with Crippen molar-refractivity contribution in [2.45, 2.75) is 39.3 Å². The summed E-state index contributed by atoms with van der Waals surface area (Å²) in [4.78, 5) is 6.66. The molecule has 0 amide bonds. The average Bonchev–Trinajstić information content (AvgIpc) is 3.27. The van der Waals surface area contributed by atoms with Gasteiger partial charge in [0.1, 0.15) is 12.4 Å². The SMILES string of the molecule is CCN(CC)CCOc1ccccc1CNC(=NC)NCCCOC1CCOC1. The molecule has 7 nitrogen and oxygen atoms in total. The third-order valence-electron chi connectivity index (χ3n) is 5.06. The van der Waals surface area contributed by atoms with E-state index in [0.717, 1.165) is 76.1 Å². The number of hydrogen-bond donors (Lipinski definition) is 2. The largest absolute Gasteiger partial charge is 0.492 e. The third kappa shape index (κ3) is 9.02. The van der Waals surface area contributed by atoms with Crippen LogP contribution in [0.2, 0.25) is 0 Å². The number of guanidine groups is 1. The smallest absolute Gasteiger partial charge is 0.191 e. The van der Waals surface area contributed by atoms with Crippen LogP contribution in [0.15, 0.2) is 29.3 Å². The highest BCUT2D eigenvalue weighted by Crippen LogP contribution is 2.17. The number of aliphatic imine (C=N–C) groups is 1. The van der Waals surface area contributed by atoms with E-state index in [-0.39, 0.29) is 6.10 Å². The highest BCUT2D eigenvalue weighted by molar-refractivity contribution is 5.79. The molecule has 1 aliphatic rings. The zero-order valence-electron chi connectivity index (χ0n) is 18.3. The van der Waals surface area contributed by atoms with Crippen molar-refractivity contribution in [3.63, 3.8) is 0 Å². The molecule has 0 saturated carbocycles. The summed E-state index contributed by atoms with van der Waals surface area (Å²) in [5.74, 6) is 1.71. The van der Waals surface area contributed by atoms with Crippen LogP contribution in [0.1, 0.15) is 32.3 Å². The van der Waals surface area contributed by atoms with Crippen molar-refractivity contribution in [2.75, 3.05) is 59.7 Å². The van der Waals surface area contributed by atoms with Crippen molar-refractivity contribution < 1.29 is 14.2 Å². The molecule has 1 fully saturated rings. The number of nitrogens with one attached hydrogen (secondary N) is 2. The van der Waals surface area contributed by atoms with Crippen LogP contribution in [0.5, 0.6) is 5.75 Å². The second kappa shape index (κ2) is 14.2.